The molecule has 10 heteroatoms. The first-order valence-corrected chi connectivity index (χ1v) is 9.75. The van der Waals surface area contributed by atoms with E-state index in [1.807, 2.05) is 24.5 Å². The van der Waals surface area contributed by atoms with Crippen molar-refractivity contribution in [2.24, 2.45) is 0 Å². The predicted molar refractivity (Wildman–Crippen MR) is 104 cm³/mol. The lowest BCUT2D eigenvalue weighted by Gasteiger charge is -2.09. The van der Waals surface area contributed by atoms with Crippen LogP contribution in [0.2, 0.25) is 0 Å². The fraction of sp³-hybridized carbons (Fsp3) is 0.211. The van der Waals surface area contributed by atoms with Gasteiger partial charge < -0.3 is 8.98 Å². The second-order valence-corrected chi connectivity index (χ2v) is 7.29. The van der Waals surface area contributed by atoms with E-state index in [1.54, 1.807) is 23.1 Å². The van der Waals surface area contributed by atoms with E-state index in [-0.39, 0.29) is 17.4 Å². The Balaban J connectivity index is 1.45. The topological polar surface area (TPSA) is 91.6 Å². The maximum Gasteiger partial charge on any atom is 0.277 e. The third-order valence-corrected chi connectivity index (χ3v) is 5.16. The molecule has 0 aliphatic carbocycles. The molecule has 29 heavy (non-hydrogen) atoms. The van der Waals surface area contributed by atoms with Crippen LogP contribution in [-0.2, 0) is 6.54 Å². The Bertz CT molecular complexity index is 1150. The molecule has 0 saturated heterocycles. The first-order chi connectivity index (χ1) is 14.0. The van der Waals surface area contributed by atoms with Gasteiger partial charge in [-0.3, -0.25) is 4.79 Å². The zero-order valence-corrected chi connectivity index (χ0v) is 16.6. The zero-order chi connectivity index (χ0) is 20.4. The Hall–Kier alpha value is -3.27. The van der Waals surface area contributed by atoms with E-state index in [1.165, 1.54) is 30.2 Å². The molecule has 0 bridgehead atoms. The highest BCUT2D eigenvalue weighted by atomic mass is 32.2. The number of thioether (sulfide) groups is 1. The molecule has 148 valence electrons. The quantitative estimate of drug-likeness (QED) is 0.340. The fourth-order valence-electron chi connectivity index (χ4n) is 3.08. The van der Waals surface area contributed by atoms with Crippen molar-refractivity contribution >= 4 is 17.5 Å². The Morgan fingerprint density at radius 1 is 1.24 bits per heavy atom. The summed E-state index contributed by atoms with van der Waals surface area (Å²) in [7, 11) is 0. The van der Waals surface area contributed by atoms with Crippen LogP contribution in [0.5, 0.6) is 0 Å². The number of carbonyl (C=O) groups is 1. The summed E-state index contributed by atoms with van der Waals surface area (Å²) in [6.45, 7) is 4.05. The summed E-state index contributed by atoms with van der Waals surface area (Å²) in [6, 6.07) is 8.10. The lowest BCUT2D eigenvalue weighted by atomic mass is 10.2. The smallest absolute Gasteiger partial charge is 0.277 e. The molecule has 0 aliphatic rings. The van der Waals surface area contributed by atoms with Gasteiger partial charge in [0, 0.05) is 22.6 Å². The molecule has 0 saturated carbocycles. The minimum Gasteiger partial charge on any atom is -0.414 e. The van der Waals surface area contributed by atoms with Gasteiger partial charge in [0.2, 0.25) is 5.89 Å². The van der Waals surface area contributed by atoms with Crippen LogP contribution < -0.4 is 0 Å². The van der Waals surface area contributed by atoms with Crippen molar-refractivity contribution in [3.8, 4) is 5.69 Å². The van der Waals surface area contributed by atoms with Crippen molar-refractivity contribution in [1.29, 1.82) is 0 Å². The Kier molecular flexibility index (Phi) is 5.26. The van der Waals surface area contributed by atoms with Gasteiger partial charge in [-0.2, -0.15) is 5.10 Å². The van der Waals surface area contributed by atoms with E-state index < -0.39 is 0 Å². The van der Waals surface area contributed by atoms with Crippen molar-refractivity contribution in [2.45, 2.75) is 25.6 Å². The van der Waals surface area contributed by atoms with E-state index in [0.717, 1.165) is 11.4 Å². The van der Waals surface area contributed by atoms with Gasteiger partial charge >= 0.3 is 0 Å². The second kappa shape index (κ2) is 8.00. The van der Waals surface area contributed by atoms with Crippen LogP contribution in [0.3, 0.4) is 0 Å². The van der Waals surface area contributed by atoms with Crippen LogP contribution in [0.15, 0.2) is 52.6 Å². The molecule has 0 N–H and O–H groups in total. The first kappa shape index (κ1) is 19.1. The molecule has 0 unspecified atom stereocenters. The van der Waals surface area contributed by atoms with Gasteiger partial charge in [0.1, 0.15) is 25.0 Å². The molecule has 4 rings (SSSR count). The van der Waals surface area contributed by atoms with E-state index in [2.05, 4.69) is 20.3 Å². The van der Waals surface area contributed by atoms with Gasteiger partial charge in [-0.15, -0.1) is 10.2 Å². The third kappa shape index (κ3) is 4.11. The van der Waals surface area contributed by atoms with Crippen LogP contribution in [-0.4, -0.2) is 41.1 Å². The molecule has 0 aliphatic heterocycles. The maximum absolute atomic E-state index is 13.6. The van der Waals surface area contributed by atoms with Crippen LogP contribution in [0.1, 0.15) is 27.6 Å². The summed E-state index contributed by atoms with van der Waals surface area (Å²) < 4.78 is 22.6. The number of aryl methyl sites for hydroxylation is 1. The Morgan fingerprint density at radius 2 is 2.10 bits per heavy atom. The number of ketones is 1. The number of nitrogens with zero attached hydrogens (tertiary/aromatic N) is 6. The first-order valence-electron chi connectivity index (χ1n) is 8.77. The summed E-state index contributed by atoms with van der Waals surface area (Å²) in [6.07, 6.45) is 2.97. The number of halogens is 1. The summed E-state index contributed by atoms with van der Waals surface area (Å²) >= 11 is 1.17. The lowest BCUT2D eigenvalue weighted by Crippen LogP contribution is -2.05. The van der Waals surface area contributed by atoms with Gasteiger partial charge in [-0.25, -0.2) is 14.1 Å². The summed E-state index contributed by atoms with van der Waals surface area (Å²) in [5.74, 6) is 0.145. The summed E-state index contributed by atoms with van der Waals surface area (Å²) in [5.41, 5.74) is 2.88. The number of benzene rings is 1. The maximum atomic E-state index is 13.6. The highest BCUT2D eigenvalue weighted by Gasteiger charge is 2.18. The molecule has 0 atom stereocenters. The van der Waals surface area contributed by atoms with Crippen molar-refractivity contribution in [1.82, 2.24) is 29.5 Å². The van der Waals surface area contributed by atoms with Crippen LogP contribution >= 0.6 is 11.8 Å². The monoisotopic (exact) mass is 412 g/mol. The molecule has 4 aromatic rings. The highest BCUT2D eigenvalue weighted by Crippen LogP contribution is 2.24. The number of hydrogen-bond acceptors (Lipinski definition) is 7. The minimum atomic E-state index is -0.323. The standard InChI is InChI=1S/C19H17FN6O2S/c1-12-6-16(13(2)26(12)15-5-3-4-14(20)7-15)17(27)9-29-19-24-23-18(28-19)8-25-11-21-10-22-25/h3-7,10-11H,8-9H2,1-2H3. The average molecular weight is 412 g/mol. The van der Waals surface area contributed by atoms with E-state index in [9.17, 15) is 9.18 Å². The zero-order valence-electron chi connectivity index (χ0n) is 15.7. The van der Waals surface area contributed by atoms with Crippen LogP contribution in [0, 0.1) is 19.7 Å². The molecule has 0 radical (unpaired) electrons. The number of aromatic nitrogens is 6. The molecule has 3 heterocycles. The fourth-order valence-corrected chi connectivity index (χ4v) is 3.74. The number of carbonyl (C=O) groups excluding carboxylic acids is 1. The highest BCUT2D eigenvalue weighted by molar-refractivity contribution is 7.99. The van der Waals surface area contributed by atoms with Gasteiger partial charge in [0.05, 0.1) is 5.75 Å². The van der Waals surface area contributed by atoms with E-state index >= 15 is 0 Å². The van der Waals surface area contributed by atoms with Gasteiger partial charge in [0.15, 0.2) is 5.78 Å². The summed E-state index contributed by atoms with van der Waals surface area (Å²) in [5, 5.41) is 12.2. The van der Waals surface area contributed by atoms with Crippen molar-refractivity contribution in [2.75, 3.05) is 5.75 Å². The van der Waals surface area contributed by atoms with Crippen molar-refractivity contribution < 1.29 is 13.6 Å². The van der Waals surface area contributed by atoms with Crippen molar-refractivity contribution in [3.63, 3.8) is 0 Å². The molecule has 0 spiro atoms. The number of rotatable bonds is 7. The number of hydrogen-bond donors (Lipinski definition) is 0. The van der Waals surface area contributed by atoms with Gasteiger partial charge in [-0.05, 0) is 38.1 Å². The number of Topliss-reactive ketones (excluding diaryl/α,β-unsaturated/α-hetero) is 1. The van der Waals surface area contributed by atoms with E-state index in [4.69, 9.17) is 4.42 Å². The van der Waals surface area contributed by atoms with Gasteiger partial charge in [0.25, 0.3) is 5.22 Å². The SMILES string of the molecule is Cc1cc(C(=O)CSc2nnc(Cn3cncn3)o2)c(C)n1-c1cccc(F)c1. The molecule has 0 fully saturated rings. The summed E-state index contributed by atoms with van der Waals surface area (Å²) in [4.78, 5) is 16.6. The predicted octanol–water partition coefficient (Wildman–Crippen LogP) is 3.23. The Morgan fingerprint density at radius 3 is 2.86 bits per heavy atom. The largest absolute Gasteiger partial charge is 0.414 e. The third-order valence-electron chi connectivity index (χ3n) is 4.34. The molecule has 3 aromatic heterocycles. The van der Waals surface area contributed by atoms with E-state index in [0.29, 0.717) is 28.9 Å². The molecular weight excluding hydrogens is 395 g/mol. The molecule has 0 amide bonds. The van der Waals surface area contributed by atoms with Crippen LogP contribution in [0.25, 0.3) is 5.69 Å². The Labute approximate surface area is 169 Å². The average Bonchev–Trinajstić information content (AvgIpc) is 3.42. The van der Waals surface area contributed by atoms with Gasteiger partial charge in [-0.1, -0.05) is 17.8 Å². The lowest BCUT2D eigenvalue weighted by molar-refractivity contribution is 0.102. The molecular formula is C19H17FN6O2S. The minimum absolute atomic E-state index is 0.0678. The van der Waals surface area contributed by atoms with Crippen molar-refractivity contribution in [3.05, 3.63) is 71.6 Å². The normalized spacial score (nSPS) is 11.1. The molecule has 8 nitrogen and oxygen atoms in total. The van der Waals surface area contributed by atoms with Crippen LogP contribution in [0.4, 0.5) is 4.39 Å². The second-order valence-electron chi connectivity index (χ2n) is 6.37. The molecule has 1 aromatic carbocycles.